The summed E-state index contributed by atoms with van der Waals surface area (Å²) in [5.74, 6) is 0.673. The molecule has 17 heavy (non-hydrogen) atoms. The summed E-state index contributed by atoms with van der Waals surface area (Å²) in [6.45, 7) is 5.22. The van der Waals surface area contributed by atoms with Gasteiger partial charge in [-0.2, -0.15) is 4.28 Å². The highest BCUT2D eigenvalue weighted by Crippen LogP contribution is 2.47. The SMILES string of the molecule is CC1(C)CCC[C@@](CN)(CC2=NS(=O)ON2)C1. The standard InChI is InChI=1S/C11H21N3O2S/c1-10(2)4-3-5-11(7-10,8-12)6-9-13-16-17(15)14-9/h3-8,12H2,1-2H3,(H,13,14)/t11-,17?/m1/s1. The van der Waals surface area contributed by atoms with E-state index in [1.54, 1.807) is 0 Å². The molecule has 2 aliphatic rings. The molecule has 0 spiro atoms. The quantitative estimate of drug-likeness (QED) is 0.804. The monoisotopic (exact) mass is 259 g/mol. The van der Waals surface area contributed by atoms with Crippen molar-refractivity contribution in [1.29, 1.82) is 0 Å². The minimum Gasteiger partial charge on any atom is -0.330 e. The van der Waals surface area contributed by atoms with Crippen molar-refractivity contribution in [2.24, 2.45) is 21.0 Å². The van der Waals surface area contributed by atoms with Crippen LogP contribution in [0.3, 0.4) is 0 Å². The van der Waals surface area contributed by atoms with Gasteiger partial charge >= 0.3 is 11.3 Å². The van der Waals surface area contributed by atoms with Gasteiger partial charge in [-0.25, -0.2) is 9.69 Å². The fourth-order valence-electron chi connectivity index (χ4n) is 3.17. The zero-order valence-electron chi connectivity index (χ0n) is 10.5. The molecule has 0 radical (unpaired) electrons. The zero-order chi connectivity index (χ0) is 12.5. The molecule has 1 saturated carbocycles. The molecule has 0 bridgehead atoms. The summed E-state index contributed by atoms with van der Waals surface area (Å²) in [4.78, 5) is 0. The first-order valence-corrected chi connectivity index (χ1v) is 7.11. The van der Waals surface area contributed by atoms with Gasteiger partial charge in [-0.1, -0.05) is 20.3 Å². The van der Waals surface area contributed by atoms with Crippen LogP contribution in [0.2, 0.25) is 0 Å². The summed E-state index contributed by atoms with van der Waals surface area (Å²) in [5.41, 5.74) is 9.01. The number of hydroxylamine groups is 1. The van der Waals surface area contributed by atoms with Crippen LogP contribution in [0.1, 0.15) is 46.0 Å². The van der Waals surface area contributed by atoms with E-state index in [9.17, 15) is 4.21 Å². The Balaban J connectivity index is 2.09. The first-order chi connectivity index (χ1) is 7.95. The highest BCUT2D eigenvalue weighted by Gasteiger charge is 2.40. The van der Waals surface area contributed by atoms with E-state index in [4.69, 9.17) is 10.0 Å². The van der Waals surface area contributed by atoms with Crippen molar-refractivity contribution in [3.8, 4) is 0 Å². The maximum atomic E-state index is 11.0. The summed E-state index contributed by atoms with van der Waals surface area (Å²) in [6, 6.07) is 0. The molecular formula is C11H21N3O2S. The number of hydrogen-bond acceptors (Lipinski definition) is 4. The van der Waals surface area contributed by atoms with Crippen LogP contribution in [0, 0.1) is 10.8 Å². The molecule has 0 aromatic carbocycles. The molecule has 0 aromatic heterocycles. The van der Waals surface area contributed by atoms with E-state index in [1.807, 2.05) is 0 Å². The fraction of sp³-hybridized carbons (Fsp3) is 0.909. The highest BCUT2D eigenvalue weighted by atomic mass is 32.2. The third kappa shape index (κ3) is 3.05. The number of nitrogens with zero attached hydrogens (tertiary/aromatic N) is 1. The maximum absolute atomic E-state index is 11.0. The number of nitrogens with one attached hydrogen (secondary N) is 1. The largest absolute Gasteiger partial charge is 0.330 e. The van der Waals surface area contributed by atoms with Crippen molar-refractivity contribution in [2.75, 3.05) is 6.54 Å². The second-order valence-electron chi connectivity index (χ2n) is 6.02. The maximum Gasteiger partial charge on any atom is 0.309 e. The predicted octanol–water partition coefficient (Wildman–Crippen LogP) is 1.43. The van der Waals surface area contributed by atoms with E-state index in [-0.39, 0.29) is 5.41 Å². The van der Waals surface area contributed by atoms with E-state index < -0.39 is 11.3 Å². The normalized spacial score (nSPS) is 36.4. The van der Waals surface area contributed by atoms with Crippen molar-refractivity contribution >= 4 is 17.1 Å². The second-order valence-corrected chi connectivity index (χ2v) is 6.80. The molecular weight excluding hydrogens is 238 g/mol. The molecule has 5 nitrogen and oxygen atoms in total. The van der Waals surface area contributed by atoms with Gasteiger partial charge in [0.05, 0.1) is 0 Å². The lowest BCUT2D eigenvalue weighted by Gasteiger charge is -2.44. The molecule has 2 rings (SSSR count). The van der Waals surface area contributed by atoms with Crippen LogP contribution in [0.25, 0.3) is 0 Å². The molecule has 0 saturated heterocycles. The van der Waals surface area contributed by atoms with Crippen molar-refractivity contribution in [3.63, 3.8) is 0 Å². The summed E-state index contributed by atoms with van der Waals surface area (Å²) in [6.07, 6.45) is 5.38. The lowest BCUT2D eigenvalue weighted by Crippen LogP contribution is -2.42. The molecule has 0 aromatic rings. The number of nitrogens with two attached hydrogens (primary N) is 1. The number of amidine groups is 1. The Morgan fingerprint density at radius 2 is 2.29 bits per heavy atom. The van der Waals surface area contributed by atoms with Crippen molar-refractivity contribution in [2.45, 2.75) is 46.0 Å². The Morgan fingerprint density at radius 3 is 2.82 bits per heavy atom. The third-order valence-corrected chi connectivity index (χ3v) is 4.40. The van der Waals surface area contributed by atoms with E-state index in [2.05, 4.69) is 23.7 Å². The van der Waals surface area contributed by atoms with Gasteiger partial charge in [0.1, 0.15) is 5.84 Å². The molecule has 1 aliphatic heterocycles. The van der Waals surface area contributed by atoms with Crippen LogP contribution in [-0.2, 0) is 15.6 Å². The van der Waals surface area contributed by atoms with Crippen LogP contribution in [-0.4, -0.2) is 16.6 Å². The molecule has 1 unspecified atom stereocenters. The Labute approximate surface area is 105 Å². The Morgan fingerprint density at radius 1 is 1.53 bits per heavy atom. The van der Waals surface area contributed by atoms with Gasteiger partial charge in [-0.15, -0.1) is 4.40 Å². The average Bonchev–Trinajstić information content (AvgIpc) is 2.62. The minimum absolute atomic E-state index is 0.0749. The summed E-state index contributed by atoms with van der Waals surface area (Å²) in [5, 5.41) is 0. The molecule has 98 valence electrons. The molecule has 0 amide bonds. The molecule has 1 aliphatic carbocycles. The Kier molecular flexibility index (Phi) is 3.56. The van der Waals surface area contributed by atoms with E-state index in [1.165, 1.54) is 12.8 Å². The minimum atomic E-state index is -1.56. The van der Waals surface area contributed by atoms with E-state index >= 15 is 0 Å². The van der Waals surface area contributed by atoms with Crippen LogP contribution in [0.4, 0.5) is 0 Å². The molecule has 1 heterocycles. The van der Waals surface area contributed by atoms with Gasteiger partial charge in [-0.05, 0) is 36.6 Å². The smallest absolute Gasteiger partial charge is 0.309 e. The van der Waals surface area contributed by atoms with Gasteiger partial charge in [0.2, 0.25) is 0 Å². The summed E-state index contributed by atoms with van der Waals surface area (Å²) in [7, 11) is 0. The summed E-state index contributed by atoms with van der Waals surface area (Å²) >= 11 is -1.56. The summed E-state index contributed by atoms with van der Waals surface area (Å²) < 4.78 is 19.7. The predicted molar refractivity (Wildman–Crippen MR) is 68.2 cm³/mol. The van der Waals surface area contributed by atoms with E-state index in [0.29, 0.717) is 17.8 Å². The topological polar surface area (TPSA) is 76.7 Å². The van der Waals surface area contributed by atoms with Crippen molar-refractivity contribution in [1.82, 2.24) is 5.48 Å². The fourth-order valence-corrected chi connectivity index (χ4v) is 3.65. The van der Waals surface area contributed by atoms with Gasteiger partial charge in [0, 0.05) is 6.42 Å². The van der Waals surface area contributed by atoms with Crippen LogP contribution in [0.15, 0.2) is 4.40 Å². The second kappa shape index (κ2) is 4.66. The number of rotatable bonds is 3. The van der Waals surface area contributed by atoms with Crippen LogP contribution in [0.5, 0.6) is 0 Å². The lowest BCUT2D eigenvalue weighted by molar-refractivity contribution is 0.0942. The van der Waals surface area contributed by atoms with Gasteiger partial charge < -0.3 is 5.73 Å². The number of hydrogen-bond donors (Lipinski definition) is 2. The molecule has 2 atom stereocenters. The van der Waals surface area contributed by atoms with Crippen molar-refractivity contribution < 1.29 is 8.49 Å². The lowest BCUT2D eigenvalue weighted by atomic mass is 9.62. The Hall–Kier alpha value is -0.460. The van der Waals surface area contributed by atoms with Gasteiger partial charge in [0.15, 0.2) is 0 Å². The zero-order valence-corrected chi connectivity index (χ0v) is 11.3. The van der Waals surface area contributed by atoms with Crippen LogP contribution >= 0.6 is 0 Å². The first kappa shape index (κ1) is 13.0. The average molecular weight is 259 g/mol. The van der Waals surface area contributed by atoms with Crippen LogP contribution < -0.4 is 11.2 Å². The van der Waals surface area contributed by atoms with Gasteiger partial charge in [-0.3, -0.25) is 0 Å². The third-order valence-electron chi connectivity index (χ3n) is 3.81. The molecule has 1 fully saturated rings. The Bertz CT molecular complexity index is 357. The van der Waals surface area contributed by atoms with Gasteiger partial charge in [0.25, 0.3) is 0 Å². The molecule has 6 heteroatoms. The molecule has 3 N–H and O–H groups in total. The van der Waals surface area contributed by atoms with E-state index in [0.717, 1.165) is 19.3 Å². The highest BCUT2D eigenvalue weighted by molar-refractivity contribution is 7.79. The van der Waals surface area contributed by atoms with Crippen molar-refractivity contribution in [3.05, 3.63) is 0 Å². The first-order valence-electron chi connectivity index (χ1n) is 6.08.